The summed E-state index contributed by atoms with van der Waals surface area (Å²) in [6.07, 6.45) is 0.208. The highest BCUT2D eigenvalue weighted by atomic mass is 16.5. The molecule has 0 aliphatic rings. The summed E-state index contributed by atoms with van der Waals surface area (Å²) in [6.45, 7) is 0. The highest BCUT2D eigenvalue weighted by Gasteiger charge is 2.15. The summed E-state index contributed by atoms with van der Waals surface area (Å²) >= 11 is 0. The zero-order valence-electron chi connectivity index (χ0n) is 17.8. The molecule has 3 aromatic rings. The molecule has 2 aromatic carbocycles. The van der Waals surface area contributed by atoms with Crippen molar-refractivity contribution in [2.24, 2.45) is 0 Å². The van der Waals surface area contributed by atoms with Gasteiger partial charge in [0.15, 0.2) is 0 Å². The van der Waals surface area contributed by atoms with Gasteiger partial charge in [-0.25, -0.2) is 4.79 Å². The van der Waals surface area contributed by atoms with Gasteiger partial charge in [0.2, 0.25) is 0 Å². The van der Waals surface area contributed by atoms with Crippen molar-refractivity contribution in [3.8, 4) is 5.75 Å². The second kappa shape index (κ2) is 9.99. The van der Waals surface area contributed by atoms with Gasteiger partial charge in [-0.05, 0) is 43.2 Å². The van der Waals surface area contributed by atoms with E-state index in [4.69, 9.17) is 9.15 Å². The lowest BCUT2D eigenvalue weighted by Gasteiger charge is -2.23. The Kier molecular flexibility index (Phi) is 7.15. The van der Waals surface area contributed by atoms with E-state index < -0.39 is 11.9 Å². The molecule has 1 heterocycles. The number of carbonyl (C=O) groups is 1. The number of hydrogen-bond acceptors (Lipinski definition) is 8. The third-order valence-electron chi connectivity index (χ3n) is 4.97. The number of carbonyl (C=O) groups excluding carboxylic acids is 1. The molecule has 3 rings (SSSR count). The zero-order valence-corrected chi connectivity index (χ0v) is 17.8. The van der Waals surface area contributed by atoms with Gasteiger partial charge in [-0.15, -0.1) is 0 Å². The van der Waals surface area contributed by atoms with E-state index in [-0.39, 0.29) is 12.4 Å². The van der Waals surface area contributed by atoms with Crippen LogP contribution in [-0.2, 0) is 9.53 Å². The standard InChI is InChI=1S/C23H26N2O6/c1-25(18-14-23(28)31-19-8-5-4-7-16(18)19)15-11-12-20(29-2)17(13-15)24-21(26)9-6-10-22(27)30-3/h4-5,7-8,11-14,21,24,26H,6,9-10H2,1-3H3. The van der Waals surface area contributed by atoms with E-state index in [0.717, 1.165) is 11.1 Å². The molecule has 0 saturated carbocycles. The summed E-state index contributed by atoms with van der Waals surface area (Å²) in [5.74, 6) is 0.245. The van der Waals surface area contributed by atoms with E-state index in [2.05, 4.69) is 10.1 Å². The molecule has 31 heavy (non-hydrogen) atoms. The highest BCUT2D eigenvalue weighted by molar-refractivity contribution is 5.92. The van der Waals surface area contributed by atoms with Crippen molar-refractivity contribution >= 4 is 34.0 Å². The van der Waals surface area contributed by atoms with Crippen molar-refractivity contribution in [1.29, 1.82) is 0 Å². The van der Waals surface area contributed by atoms with Crippen LogP contribution in [0.15, 0.2) is 57.7 Å². The van der Waals surface area contributed by atoms with Gasteiger partial charge in [-0.2, -0.15) is 0 Å². The maximum atomic E-state index is 12.0. The average molecular weight is 426 g/mol. The van der Waals surface area contributed by atoms with Crippen molar-refractivity contribution < 1.29 is 23.8 Å². The number of benzene rings is 2. The van der Waals surface area contributed by atoms with Gasteiger partial charge in [-0.1, -0.05) is 12.1 Å². The van der Waals surface area contributed by atoms with Gasteiger partial charge in [-0.3, -0.25) is 4.79 Å². The maximum Gasteiger partial charge on any atom is 0.338 e. The van der Waals surface area contributed by atoms with Gasteiger partial charge in [0, 0.05) is 30.6 Å². The van der Waals surface area contributed by atoms with Crippen LogP contribution in [0.1, 0.15) is 19.3 Å². The van der Waals surface area contributed by atoms with E-state index in [1.165, 1.54) is 13.2 Å². The lowest BCUT2D eigenvalue weighted by atomic mass is 10.1. The lowest BCUT2D eigenvalue weighted by molar-refractivity contribution is -0.140. The summed E-state index contributed by atoms with van der Waals surface area (Å²) < 4.78 is 15.3. The predicted octanol–water partition coefficient (Wildman–Crippen LogP) is 3.64. The van der Waals surface area contributed by atoms with Crippen molar-refractivity contribution in [3.05, 3.63) is 59.0 Å². The molecule has 2 N–H and O–H groups in total. The number of methoxy groups -OCH3 is 2. The molecule has 0 saturated heterocycles. The second-order valence-electron chi connectivity index (χ2n) is 7.02. The van der Waals surface area contributed by atoms with Crippen molar-refractivity contribution in [3.63, 3.8) is 0 Å². The Labute approximate surface area is 180 Å². The molecule has 1 atom stereocenters. The number of ether oxygens (including phenoxy) is 2. The summed E-state index contributed by atoms with van der Waals surface area (Å²) in [7, 11) is 4.73. The minimum absolute atomic E-state index is 0.235. The molecular weight excluding hydrogens is 400 g/mol. The largest absolute Gasteiger partial charge is 0.495 e. The molecule has 0 aliphatic heterocycles. The molecular formula is C23H26N2O6. The van der Waals surface area contributed by atoms with Gasteiger partial charge < -0.3 is 29.2 Å². The fourth-order valence-electron chi connectivity index (χ4n) is 3.32. The van der Waals surface area contributed by atoms with E-state index in [0.29, 0.717) is 35.5 Å². The van der Waals surface area contributed by atoms with E-state index in [9.17, 15) is 14.7 Å². The Bertz CT molecular complexity index is 1110. The average Bonchev–Trinajstić information content (AvgIpc) is 2.77. The van der Waals surface area contributed by atoms with E-state index >= 15 is 0 Å². The minimum Gasteiger partial charge on any atom is -0.495 e. The number of fused-ring (bicyclic) bond motifs is 1. The minimum atomic E-state index is -0.872. The molecule has 0 bridgehead atoms. The number of hydrogen-bond donors (Lipinski definition) is 2. The monoisotopic (exact) mass is 426 g/mol. The van der Waals surface area contributed by atoms with Crippen LogP contribution >= 0.6 is 0 Å². The Hall–Kier alpha value is -3.52. The van der Waals surface area contributed by atoms with Crippen LogP contribution in [0.2, 0.25) is 0 Å². The SMILES string of the molecule is COC(=O)CCCC(O)Nc1cc(N(C)c2cc(=O)oc3ccccc23)ccc1OC. The molecule has 0 aliphatic carbocycles. The van der Waals surface area contributed by atoms with Crippen LogP contribution in [0.5, 0.6) is 5.75 Å². The molecule has 0 fully saturated rings. The van der Waals surface area contributed by atoms with Crippen LogP contribution in [0, 0.1) is 0 Å². The van der Waals surface area contributed by atoms with Crippen LogP contribution in [0.25, 0.3) is 11.0 Å². The number of aliphatic hydroxyl groups excluding tert-OH is 1. The summed E-state index contributed by atoms with van der Waals surface area (Å²) in [6, 6.07) is 14.2. The molecule has 8 heteroatoms. The normalized spacial score (nSPS) is 11.7. The van der Waals surface area contributed by atoms with Crippen molar-refractivity contribution in [2.75, 3.05) is 31.5 Å². The number of nitrogens with one attached hydrogen (secondary N) is 1. The quantitative estimate of drug-likeness (QED) is 0.304. The van der Waals surface area contributed by atoms with Crippen LogP contribution in [-0.4, -0.2) is 38.6 Å². The van der Waals surface area contributed by atoms with Crippen LogP contribution in [0.3, 0.4) is 0 Å². The van der Waals surface area contributed by atoms with Crippen LogP contribution in [0.4, 0.5) is 17.1 Å². The molecule has 164 valence electrons. The fourth-order valence-corrected chi connectivity index (χ4v) is 3.32. The first-order valence-corrected chi connectivity index (χ1v) is 9.89. The van der Waals surface area contributed by atoms with E-state index in [1.54, 1.807) is 19.2 Å². The molecule has 1 unspecified atom stereocenters. The first-order valence-electron chi connectivity index (χ1n) is 9.89. The molecule has 1 aromatic heterocycles. The topological polar surface area (TPSA) is 101 Å². The summed E-state index contributed by atoms with van der Waals surface area (Å²) in [5.41, 5.74) is 2.13. The predicted molar refractivity (Wildman–Crippen MR) is 119 cm³/mol. The molecule has 0 spiro atoms. The molecule has 0 radical (unpaired) electrons. The lowest BCUT2D eigenvalue weighted by Crippen LogP contribution is -2.20. The Morgan fingerprint density at radius 2 is 1.97 bits per heavy atom. The maximum absolute atomic E-state index is 12.0. The third-order valence-corrected chi connectivity index (χ3v) is 4.97. The molecule has 0 amide bonds. The van der Waals surface area contributed by atoms with Gasteiger partial charge in [0.25, 0.3) is 0 Å². The van der Waals surface area contributed by atoms with Crippen molar-refractivity contribution in [2.45, 2.75) is 25.5 Å². The second-order valence-corrected chi connectivity index (χ2v) is 7.02. The zero-order chi connectivity index (χ0) is 22.4. The number of aliphatic hydroxyl groups is 1. The van der Waals surface area contributed by atoms with E-state index in [1.807, 2.05) is 42.3 Å². The Balaban J connectivity index is 1.85. The van der Waals surface area contributed by atoms with Gasteiger partial charge >= 0.3 is 11.6 Å². The summed E-state index contributed by atoms with van der Waals surface area (Å²) in [4.78, 5) is 25.1. The summed E-state index contributed by atoms with van der Waals surface area (Å²) in [5, 5.41) is 14.2. The number of anilines is 3. The number of esters is 1. The van der Waals surface area contributed by atoms with Crippen molar-refractivity contribution in [1.82, 2.24) is 0 Å². The first-order chi connectivity index (χ1) is 14.9. The highest BCUT2D eigenvalue weighted by Crippen LogP contribution is 2.35. The number of nitrogens with zero attached hydrogens (tertiary/aromatic N) is 1. The third kappa shape index (κ3) is 5.35. The van der Waals surface area contributed by atoms with Gasteiger partial charge in [0.05, 0.1) is 25.6 Å². The first kappa shape index (κ1) is 22.2. The van der Waals surface area contributed by atoms with Gasteiger partial charge in [0.1, 0.15) is 17.6 Å². The fraction of sp³-hybridized carbons (Fsp3) is 0.304. The smallest absolute Gasteiger partial charge is 0.338 e. The molecule has 8 nitrogen and oxygen atoms in total. The number of rotatable bonds is 9. The van der Waals surface area contributed by atoms with Crippen LogP contribution < -0.4 is 20.6 Å². The number of para-hydroxylation sites is 1. The Morgan fingerprint density at radius 3 is 2.71 bits per heavy atom. The Morgan fingerprint density at radius 1 is 1.19 bits per heavy atom.